The zero-order chi connectivity index (χ0) is 71.1. The van der Waals surface area contributed by atoms with Crippen LogP contribution in [0.2, 0.25) is 0 Å². The third-order valence-electron chi connectivity index (χ3n) is 21.2. The molecule has 1 amide bonds. The van der Waals surface area contributed by atoms with Crippen LogP contribution in [0.5, 0.6) is 0 Å². The predicted octanol–water partition coefficient (Wildman–Crippen LogP) is 13.8. The molecule has 0 spiro atoms. The summed E-state index contributed by atoms with van der Waals surface area (Å²) in [5.74, 6) is -0.232. The Bertz CT molecular complexity index is 1770. The number of amides is 1. The SMILES string of the molecule is CCCCCCCCCCCCCCCCCCCCCCCCCCCCCCCCCCCC(=O)NC(COC1OC(CO)C(OC2OC(CO)C(OC3OC(CO)C(O)C(O)C3O)C(O)C2O)C(O)C1O)C(O)CCCCCCCCCCCCCCCCCCCCCC. The number of nitrogens with one attached hydrogen (secondary N) is 1. The molecule has 12 N–H and O–H groups in total. The molecule has 19 heteroatoms. The summed E-state index contributed by atoms with van der Waals surface area (Å²) in [5.41, 5.74) is 0. The molecule has 582 valence electrons. The molecule has 3 aliphatic heterocycles. The first-order chi connectivity index (χ1) is 47.8. The molecule has 0 bridgehead atoms. The number of carbonyl (C=O) groups is 1. The first-order valence-electron chi connectivity index (χ1n) is 41.3. The van der Waals surface area contributed by atoms with Gasteiger partial charge in [-0.3, -0.25) is 4.79 Å². The van der Waals surface area contributed by atoms with Crippen LogP contribution in [0.15, 0.2) is 0 Å². The van der Waals surface area contributed by atoms with E-state index in [0.717, 1.165) is 44.9 Å². The van der Waals surface area contributed by atoms with Crippen molar-refractivity contribution in [1.82, 2.24) is 5.32 Å². The summed E-state index contributed by atoms with van der Waals surface area (Å²) in [5, 5.41) is 121. The van der Waals surface area contributed by atoms with E-state index in [0.29, 0.717) is 12.8 Å². The number of unbranched alkanes of at least 4 members (excludes halogenated alkanes) is 51. The summed E-state index contributed by atoms with van der Waals surface area (Å²) < 4.78 is 34.5. The average Bonchev–Trinajstić information content (AvgIpc) is 0.782. The predicted molar refractivity (Wildman–Crippen MR) is 388 cm³/mol. The highest BCUT2D eigenvalue weighted by atomic mass is 16.8. The van der Waals surface area contributed by atoms with Crippen molar-refractivity contribution >= 4 is 5.91 Å². The number of rotatable bonds is 67. The van der Waals surface area contributed by atoms with Crippen molar-refractivity contribution in [3.63, 3.8) is 0 Å². The van der Waals surface area contributed by atoms with E-state index in [9.17, 15) is 61.0 Å². The van der Waals surface area contributed by atoms with Crippen LogP contribution in [-0.4, -0.2) is 193 Å². The average molecular weight is 1410 g/mol. The number of hydrogen-bond donors (Lipinski definition) is 12. The fraction of sp³-hybridized carbons (Fsp3) is 0.987. The van der Waals surface area contributed by atoms with E-state index in [1.165, 1.54) is 289 Å². The fourth-order valence-electron chi connectivity index (χ4n) is 14.6. The molecule has 0 aromatic heterocycles. The van der Waals surface area contributed by atoms with Crippen LogP contribution in [0.3, 0.4) is 0 Å². The van der Waals surface area contributed by atoms with Crippen molar-refractivity contribution in [2.24, 2.45) is 0 Å². The lowest BCUT2D eigenvalue weighted by Gasteiger charge is -2.48. The van der Waals surface area contributed by atoms with Gasteiger partial charge in [-0.25, -0.2) is 0 Å². The highest BCUT2D eigenvalue weighted by Crippen LogP contribution is 2.33. The van der Waals surface area contributed by atoms with Gasteiger partial charge in [-0.2, -0.15) is 0 Å². The zero-order valence-corrected chi connectivity index (χ0v) is 62.3. The van der Waals surface area contributed by atoms with Gasteiger partial charge in [-0.05, 0) is 12.8 Å². The summed E-state index contributed by atoms with van der Waals surface area (Å²) >= 11 is 0. The first-order valence-corrected chi connectivity index (χ1v) is 41.3. The topological polar surface area (TPSA) is 307 Å². The van der Waals surface area contributed by atoms with E-state index in [-0.39, 0.29) is 18.9 Å². The minimum atomic E-state index is -1.97. The van der Waals surface area contributed by atoms with E-state index in [4.69, 9.17) is 28.4 Å². The van der Waals surface area contributed by atoms with Crippen molar-refractivity contribution in [1.29, 1.82) is 0 Å². The van der Waals surface area contributed by atoms with Crippen LogP contribution in [-0.2, 0) is 33.2 Å². The quantitative estimate of drug-likeness (QED) is 0.0252. The number of aliphatic hydroxyl groups excluding tert-OH is 11. The second-order valence-corrected chi connectivity index (χ2v) is 30.0. The Morgan fingerprint density at radius 2 is 0.582 bits per heavy atom. The van der Waals surface area contributed by atoms with E-state index in [2.05, 4.69) is 19.2 Å². The van der Waals surface area contributed by atoms with E-state index >= 15 is 0 Å². The number of carbonyl (C=O) groups excluding carboxylic acids is 1. The molecule has 98 heavy (non-hydrogen) atoms. The van der Waals surface area contributed by atoms with E-state index in [1.54, 1.807) is 0 Å². The summed E-state index contributed by atoms with van der Waals surface area (Å²) in [6.45, 7) is 1.87. The lowest BCUT2D eigenvalue weighted by atomic mass is 9.96. The Morgan fingerprint density at radius 3 is 0.888 bits per heavy atom. The summed E-state index contributed by atoms with van der Waals surface area (Å²) in [6.07, 6.45) is 43.5. The largest absolute Gasteiger partial charge is 0.394 e. The smallest absolute Gasteiger partial charge is 0.220 e. The minimum Gasteiger partial charge on any atom is -0.394 e. The van der Waals surface area contributed by atoms with Crippen LogP contribution in [0.1, 0.15) is 367 Å². The molecule has 0 radical (unpaired) electrons. The maximum Gasteiger partial charge on any atom is 0.220 e. The highest BCUT2D eigenvalue weighted by Gasteiger charge is 2.54. The Morgan fingerprint density at radius 1 is 0.327 bits per heavy atom. The van der Waals surface area contributed by atoms with Gasteiger partial charge in [-0.15, -0.1) is 0 Å². The molecule has 19 nitrogen and oxygen atoms in total. The standard InChI is InChI=1S/C79H153NO18/c1-3-5-7-9-11-13-15-17-19-21-23-25-26-27-28-29-30-31-32-33-34-35-36-37-39-41-43-45-47-49-51-53-55-57-67(85)80-62(63(84)56-54-52-50-48-46-44-42-40-38-24-22-20-18-16-14-12-10-8-6-4-2)61-93-77-73(91)70(88)75(65(59-82)95-77)98-79-74(92)71(89)76(66(60-83)96-79)97-78-72(90)69(87)68(86)64(58-81)94-78/h62-66,68-79,81-84,86-92H,3-61H2,1-2H3,(H,80,85). The van der Waals surface area contributed by atoms with Gasteiger partial charge in [0, 0.05) is 6.42 Å². The second-order valence-electron chi connectivity index (χ2n) is 30.0. The molecule has 0 aromatic carbocycles. The number of aliphatic hydroxyl groups is 11. The van der Waals surface area contributed by atoms with Gasteiger partial charge in [0.15, 0.2) is 18.9 Å². The van der Waals surface area contributed by atoms with Crippen molar-refractivity contribution in [3.05, 3.63) is 0 Å². The zero-order valence-electron chi connectivity index (χ0n) is 62.3. The maximum atomic E-state index is 13.5. The Hall–Kier alpha value is -1.21. The third kappa shape index (κ3) is 40.9. The summed E-state index contributed by atoms with van der Waals surface area (Å²) in [6, 6.07) is -0.883. The van der Waals surface area contributed by atoms with Gasteiger partial charge in [-0.1, -0.05) is 348 Å². The highest BCUT2D eigenvalue weighted by molar-refractivity contribution is 5.76. The molecule has 0 aromatic rings. The summed E-state index contributed by atoms with van der Waals surface area (Å²) in [4.78, 5) is 13.5. The van der Waals surface area contributed by atoms with Gasteiger partial charge in [0.25, 0.3) is 0 Å². The Kier molecular flexibility index (Phi) is 56.6. The van der Waals surface area contributed by atoms with Gasteiger partial charge in [0.05, 0.1) is 38.6 Å². The van der Waals surface area contributed by atoms with Gasteiger partial charge in [0.1, 0.15) is 73.2 Å². The van der Waals surface area contributed by atoms with Crippen molar-refractivity contribution in [2.75, 3.05) is 26.4 Å². The van der Waals surface area contributed by atoms with Crippen LogP contribution < -0.4 is 5.32 Å². The van der Waals surface area contributed by atoms with Crippen molar-refractivity contribution in [2.45, 2.75) is 471 Å². The van der Waals surface area contributed by atoms with Crippen molar-refractivity contribution < 1.29 is 89.4 Å². The van der Waals surface area contributed by atoms with Crippen LogP contribution in [0.4, 0.5) is 0 Å². The lowest BCUT2D eigenvalue weighted by molar-refractivity contribution is -0.379. The monoisotopic (exact) mass is 1400 g/mol. The minimum absolute atomic E-state index is 0.232. The second kappa shape index (κ2) is 61.0. The normalized spacial score (nSPS) is 26.6. The number of hydrogen-bond acceptors (Lipinski definition) is 18. The fourth-order valence-corrected chi connectivity index (χ4v) is 14.6. The van der Waals surface area contributed by atoms with Gasteiger partial charge >= 0.3 is 0 Å². The molecule has 3 rings (SSSR count). The lowest BCUT2D eigenvalue weighted by Crippen LogP contribution is -2.66. The molecule has 0 aliphatic carbocycles. The molecule has 3 heterocycles. The first kappa shape index (κ1) is 91.0. The molecular formula is C79H153NO18. The van der Waals surface area contributed by atoms with Crippen LogP contribution in [0.25, 0.3) is 0 Å². The Balaban J connectivity index is 1.33. The molecule has 3 fully saturated rings. The molecular weight excluding hydrogens is 1250 g/mol. The maximum absolute atomic E-state index is 13.5. The molecule has 17 unspecified atom stereocenters. The van der Waals surface area contributed by atoms with E-state index < -0.39 is 124 Å². The summed E-state index contributed by atoms with van der Waals surface area (Å²) in [7, 11) is 0. The Labute approximate surface area is 595 Å². The van der Waals surface area contributed by atoms with Gasteiger partial charge < -0.3 is 89.9 Å². The third-order valence-corrected chi connectivity index (χ3v) is 21.2. The van der Waals surface area contributed by atoms with E-state index in [1.807, 2.05) is 0 Å². The molecule has 0 saturated carbocycles. The van der Waals surface area contributed by atoms with Crippen LogP contribution in [0, 0.1) is 0 Å². The molecule has 3 aliphatic rings. The number of ether oxygens (including phenoxy) is 6. The van der Waals surface area contributed by atoms with Gasteiger partial charge in [0.2, 0.25) is 5.91 Å². The van der Waals surface area contributed by atoms with Crippen molar-refractivity contribution in [3.8, 4) is 0 Å². The van der Waals surface area contributed by atoms with Crippen LogP contribution >= 0.6 is 0 Å². The molecule has 3 saturated heterocycles. The molecule has 17 atom stereocenters.